The van der Waals surface area contributed by atoms with E-state index in [0.29, 0.717) is 25.7 Å². The highest BCUT2D eigenvalue weighted by Crippen LogP contribution is 2.45. The number of aliphatic hydroxyl groups is 1. The zero-order valence-electron chi connectivity index (χ0n) is 65.0. The Hall–Kier alpha value is -1.94. The van der Waals surface area contributed by atoms with E-state index in [1.807, 2.05) is 0 Å². The van der Waals surface area contributed by atoms with Gasteiger partial charge in [0.15, 0.2) is 12.2 Å². The van der Waals surface area contributed by atoms with Crippen molar-refractivity contribution in [2.75, 3.05) is 39.6 Å². The second kappa shape index (κ2) is 70.4. The predicted molar refractivity (Wildman–Crippen MR) is 405 cm³/mol. The molecule has 19 heteroatoms. The van der Waals surface area contributed by atoms with E-state index in [9.17, 15) is 43.2 Å². The monoisotopic (exact) mass is 1450 g/mol. The molecular weight excluding hydrogens is 1290 g/mol. The Morgan fingerprint density at radius 2 is 0.515 bits per heavy atom. The molecule has 17 nitrogen and oxygen atoms in total. The van der Waals surface area contributed by atoms with Gasteiger partial charge < -0.3 is 33.8 Å². The molecule has 3 N–H and O–H groups in total. The van der Waals surface area contributed by atoms with Crippen molar-refractivity contribution in [1.29, 1.82) is 0 Å². The maximum Gasteiger partial charge on any atom is 0.472 e. The summed E-state index contributed by atoms with van der Waals surface area (Å²) in [5.74, 6) is 0.227. The first-order valence-electron chi connectivity index (χ1n) is 41.4. The van der Waals surface area contributed by atoms with Crippen LogP contribution in [0.1, 0.15) is 414 Å². The summed E-state index contributed by atoms with van der Waals surface area (Å²) in [6.07, 6.45) is 58.1. The lowest BCUT2D eigenvalue weighted by Gasteiger charge is -2.21. The standard InChI is InChI=1S/C80H156O17P2/c1-8-10-11-12-13-14-15-16-17-18-19-22-26-34-42-49-56-63-79(84)96-75(67-90-77(82)61-54-47-40-33-25-23-20-21-24-30-37-44-51-58-71(3)4)69-94-98(86,87)92-65-74(81)66-93-99(88,89)95-70-76(68-91-78(83)62-55-48-41-36-29-31-38-45-52-59-72(5)6)97-80(85)64-57-50-43-35-28-27-32-39-46-53-60-73(7)9-2/h71-76,81H,8-70H2,1-7H3,(H,86,87)(H,88,89)/t73?,74-,75-,76-/m1/s1. The highest BCUT2D eigenvalue weighted by atomic mass is 31.2. The quantitative estimate of drug-likeness (QED) is 0.0222. The number of hydrogen-bond donors (Lipinski definition) is 3. The maximum absolute atomic E-state index is 13.1. The molecule has 0 radical (unpaired) electrons. The van der Waals surface area contributed by atoms with Crippen LogP contribution in [0.4, 0.5) is 0 Å². The van der Waals surface area contributed by atoms with Crippen LogP contribution in [0.25, 0.3) is 0 Å². The van der Waals surface area contributed by atoms with Crippen molar-refractivity contribution in [1.82, 2.24) is 0 Å². The Balaban J connectivity index is 5.27. The number of unbranched alkanes of at least 4 members (excludes halogenated alkanes) is 45. The van der Waals surface area contributed by atoms with Gasteiger partial charge in [0, 0.05) is 25.7 Å². The van der Waals surface area contributed by atoms with Gasteiger partial charge in [-0.15, -0.1) is 0 Å². The fraction of sp³-hybridized carbons (Fsp3) is 0.950. The van der Waals surface area contributed by atoms with E-state index >= 15 is 0 Å². The van der Waals surface area contributed by atoms with Crippen LogP contribution in [0.5, 0.6) is 0 Å². The number of hydrogen-bond acceptors (Lipinski definition) is 15. The Bertz CT molecular complexity index is 1920. The van der Waals surface area contributed by atoms with Crippen LogP contribution in [0.2, 0.25) is 0 Å². The number of aliphatic hydroxyl groups excluding tert-OH is 1. The van der Waals surface area contributed by atoms with Crippen LogP contribution in [0, 0.1) is 17.8 Å². The lowest BCUT2D eigenvalue weighted by Crippen LogP contribution is -2.30. The summed E-state index contributed by atoms with van der Waals surface area (Å²) in [4.78, 5) is 73.0. The van der Waals surface area contributed by atoms with E-state index in [-0.39, 0.29) is 25.7 Å². The van der Waals surface area contributed by atoms with E-state index in [2.05, 4.69) is 48.5 Å². The van der Waals surface area contributed by atoms with Gasteiger partial charge in [-0.25, -0.2) is 9.13 Å². The van der Waals surface area contributed by atoms with Crippen molar-refractivity contribution in [2.45, 2.75) is 433 Å². The molecule has 0 heterocycles. The van der Waals surface area contributed by atoms with Crippen LogP contribution < -0.4 is 0 Å². The van der Waals surface area contributed by atoms with Crippen molar-refractivity contribution < 1.29 is 80.2 Å². The predicted octanol–water partition coefficient (Wildman–Crippen LogP) is 23.7. The highest BCUT2D eigenvalue weighted by molar-refractivity contribution is 7.47. The van der Waals surface area contributed by atoms with Crippen molar-refractivity contribution in [3.63, 3.8) is 0 Å². The highest BCUT2D eigenvalue weighted by Gasteiger charge is 2.30. The molecule has 0 rings (SSSR count). The second-order valence-corrected chi connectivity index (χ2v) is 32.9. The van der Waals surface area contributed by atoms with Gasteiger partial charge in [-0.05, 0) is 43.4 Å². The Labute approximate surface area is 607 Å². The van der Waals surface area contributed by atoms with Gasteiger partial charge in [0.25, 0.3) is 0 Å². The third-order valence-electron chi connectivity index (χ3n) is 19.0. The Kier molecular flexibility index (Phi) is 69.0. The Morgan fingerprint density at radius 1 is 0.293 bits per heavy atom. The molecule has 0 aromatic carbocycles. The molecule has 0 aromatic rings. The molecule has 0 aliphatic carbocycles. The van der Waals surface area contributed by atoms with E-state index in [0.717, 1.165) is 108 Å². The smallest absolute Gasteiger partial charge is 0.462 e. The largest absolute Gasteiger partial charge is 0.472 e. The van der Waals surface area contributed by atoms with Gasteiger partial charge in [0.2, 0.25) is 0 Å². The summed E-state index contributed by atoms with van der Waals surface area (Å²) in [6.45, 7) is 12.0. The van der Waals surface area contributed by atoms with Gasteiger partial charge in [-0.1, -0.05) is 363 Å². The van der Waals surface area contributed by atoms with Gasteiger partial charge in [0.05, 0.1) is 26.4 Å². The number of esters is 4. The summed E-state index contributed by atoms with van der Waals surface area (Å²) in [6, 6.07) is 0. The van der Waals surface area contributed by atoms with Crippen LogP contribution in [-0.4, -0.2) is 96.7 Å². The molecule has 0 saturated carbocycles. The molecule has 0 aliphatic heterocycles. The van der Waals surface area contributed by atoms with E-state index < -0.39 is 97.5 Å². The third-order valence-corrected chi connectivity index (χ3v) is 20.9. The summed E-state index contributed by atoms with van der Waals surface area (Å²) in [5, 5.41) is 10.6. The molecule has 0 aromatic heterocycles. The van der Waals surface area contributed by atoms with E-state index in [1.54, 1.807) is 0 Å². The van der Waals surface area contributed by atoms with E-state index in [1.165, 1.54) is 225 Å². The molecular formula is C80H156O17P2. The number of phosphoric acid groups is 2. The third kappa shape index (κ3) is 72.8. The molecule has 0 spiro atoms. The van der Waals surface area contributed by atoms with Crippen LogP contribution in [-0.2, 0) is 65.4 Å². The van der Waals surface area contributed by atoms with Crippen LogP contribution >= 0.6 is 15.6 Å². The van der Waals surface area contributed by atoms with Gasteiger partial charge >= 0.3 is 39.5 Å². The van der Waals surface area contributed by atoms with Gasteiger partial charge in [-0.2, -0.15) is 0 Å². The Morgan fingerprint density at radius 3 is 0.768 bits per heavy atom. The van der Waals surface area contributed by atoms with Crippen LogP contribution in [0.15, 0.2) is 0 Å². The van der Waals surface area contributed by atoms with Crippen LogP contribution in [0.3, 0.4) is 0 Å². The zero-order chi connectivity index (χ0) is 73.0. The molecule has 0 saturated heterocycles. The molecule has 0 fully saturated rings. The van der Waals surface area contributed by atoms with Gasteiger partial charge in [0.1, 0.15) is 19.3 Å². The number of ether oxygens (including phenoxy) is 4. The lowest BCUT2D eigenvalue weighted by molar-refractivity contribution is -0.161. The molecule has 3 unspecified atom stereocenters. The normalized spacial score (nSPS) is 14.3. The number of rotatable bonds is 78. The number of carbonyl (C=O) groups excluding carboxylic acids is 4. The average Bonchev–Trinajstić information content (AvgIpc) is 1.14. The lowest BCUT2D eigenvalue weighted by atomic mass is 9.99. The molecule has 0 aliphatic rings. The minimum atomic E-state index is -4.96. The zero-order valence-corrected chi connectivity index (χ0v) is 66.8. The van der Waals surface area contributed by atoms with Crippen molar-refractivity contribution in [3.05, 3.63) is 0 Å². The molecule has 588 valence electrons. The topological polar surface area (TPSA) is 237 Å². The minimum Gasteiger partial charge on any atom is -0.462 e. The fourth-order valence-corrected chi connectivity index (χ4v) is 13.9. The summed E-state index contributed by atoms with van der Waals surface area (Å²) < 4.78 is 68.7. The first kappa shape index (κ1) is 97.1. The summed E-state index contributed by atoms with van der Waals surface area (Å²) in [5.41, 5.74) is 0. The SMILES string of the molecule is CCCCCCCCCCCCCCCCCCCC(=O)O[C@H](COC(=O)CCCCCCCCCCCCCCCC(C)C)COP(=O)(O)OC[C@@H](O)COP(=O)(O)OC[C@@H](COC(=O)CCCCCCCCCCCC(C)C)OC(=O)CCCCCCCCCCCCC(C)CC. The minimum absolute atomic E-state index is 0.106. The number of carbonyl (C=O) groups is 4. The molecule has 99 heavy (non-hydrogen) atoms. The maximum atomic E-state index is 13.1. The van der Waals surface area contributed by atoms with Crippen molar-refractivity contribution in [2.24, 2.45) is 17.8 Å². The summed E-state index contributed by atoms with van der Waals surface area (Å²) in [7, 11) is -9.92. The first-order valence-corrected chi connectivity index (χ1v) is 44.4. The fourth-order valence-electron chi connectivity index (χ4n) is 12.3. The van der Waals surface area contributed by atoms with Crippen molar-refractivity contribution >= 4 is 39.5 Å². The van der Waals surface area contributed by atoms with E-state index in [4.69, 9.17) is 37.0 Å². The number of phosphoric ester groups is 2. The van der Waals surface area contributed by atoms with Crippen molar-refractivity contribution in [3.8, 4) is 0 Å². The molecule has 6 atom stereocenters. The molecule has 0 amide bonds. The molecule has 0 bridgehead atoms. The second-order valence-electron chi connectivity index (χ2n) is 30.0. The summed E-state index contributed by atoms with van der Waals surface area (Å²) >= 11 is 0. The van der Waals surface area contributed by atoms with Gasteiger partial charge in [-0.3, -0.25) is 37.3 Å². The average molecular weight is 1450 g/mol. The first-order chi connectivity index (χ1) is 47.8.